The quantitative estimate of drug-likeness (QED) is 0.273. The van der Waals surface area contributed by atoms with Crippen LogP contribution in [0.25, 0.3) is 0 Å². The SMILES string of the molecule is N=Cc1cc(C(c2ccccc2)C(C(=O)O)c2ccccc2)ccc1Nc1ccc(F)cc1. The molecule has 0 aliphatic carbocycles. The molecule has 0 aliphatic heterocycles. The molecule has 0 saturated carbocycles. The Morgan fingerprint density at radius 3 is 2.00 bits per heavy atom. The zero-order valence-electron chi connectivity index (χ0n) is 17.8. The minimum atomic E-state index is -0.917. The fraction of sp³-hybridized carbons (Fsp3) is 0.0714. The summed E-state index contributed by atoms with van der Waals surface area (Å²) in [5.41, 5.74) is 4.36. The molecule has 0 aromatic heterocycles. The van der Waals surface area contributed by atoms with E-state index in [1.807, 2.05) is 78.9 Å². The van der Waals surface area contributed by atoms with Crippen LogP contribution in [0.1, 0.15) is 34.1 Å². The molecular weight excluding hydrogens is 415 g/mol. The van der Waals surface area contributed by atoms with Crippen molar-refractivity contribution in [1.82, 2.24) is 0 Å². The van der Waals surface area contributed by atoms with Crippen molar-refractivity contribution in [2.45, 2.75) is 11.8 Å². The molecule has 0 spiro atoms. The molecule has 4 nitrogen and oxygen atoms in total. The summed E-state index contributed by atoms with van der Waals surface area (Å²) < 4.78 is 13.2. The summed E-state index contributed by atoms with van der Waals surface area (Å²) in [6.45, 7) is 0. The van der Waals surface area contributed by atoms with E-state index in [0.717, 1.165) is 11.1 Å². The zero-order valence-corrected chi connectivity index (χ0v) is 17.8. The van der Waals surface area contributed by atoms with Gasteiger partial charge in [0.05, 0.1) is 5.92 Å². The van der Waals surface area contributed by atoms with Crippen LogP contribution in [-0.2, 0) is 4.79 Å². The van der Waals surface area contributed by atoms with Crippen LogP contribution in [0.3, 0.4) is 0 Å². The molecule has 2 atom stereocenters. The summed E-state index contributed by atoms with van der Waals surface area (Å²) in [6.07, 6.45) is 1.23. The van der Waals surface area contributed by atoms with Gasteiger partial charge < -0.3 is 15.8 Å². The molecule has 0 bridgehead atoms. The lowest BCUT2D eigenvalue weighted by molar-refractivity contribution is -0.139. The van der Waals surface area contributed by atoms with Crippen LogP contribution in [0.5, 0.6) is 0 Å². The predicted molar refractivity (Wildman–Crippen MR) is 129 cm³/mol. The minimum Gasteiger partial charge on any atom is -0.481 e. The Kier molecular flexibility index (Phi) is 6.60. The van der Waals surface area contributed by atoms with Gasteiger partial charge in [-0.1, -0.05) is 66.7 Å². The average molecular weight is 439 g/mol. The third-order valence-corrected chi connectivity index (χ3v) is 5.63. The Balaban J connectivity index is 1.79. The van der Waals surface area contributed by atoms with Crippen molar-refractivity contribution in [2.24, 2.45) is 0 Å². The number of carboxylic acids is 1. The summed E-state index contributed by atoms with van der Waals surface area (Å²) in [7, 11) is 0. The molecule has 5 heteroatoms. The van der Waals surface area contributed by atoms with E-state index in [9.17, 15) is 14.3 Å². The number of hydrogen-bond acceptors (Lipinski definition) is 3. The van der Waals surface area contributed by atoms with E-state index in [2.05, 4.69) is 5.32 Å². The first-order chi connectivity index (χ1) is 16.1. The summed E-state index contributed by atoms with van der Waals surface area (Å²) in [5, 5.41) is 21.4. The molecule has 4 aromatic carbocycles. The summed E-state index contributed by atoms with van der Waals surface area (Å²) >= 11 is 0. The van der Waals surface area contributed by atoms with Crippen molar-refractivity contribution in [2.75, 3.05) is 5.32 Å². The number of benzene rings is 4. The molecule has 33 heavy (non-hydrogen) atoms. The van der Waals surface area contributed by atoms with Gasteiger partial charge in [0.1, 0.15) is 5.82 Å². The number of carbonyl (C=O) groups is 1. The number of halogens is 1. The highest BCUT2D eigenvalue weighted by atomic mass is 19.1. The lowest BCUT2D eigenvalue weighted by atomic mass is 9.77. The fourth-order valence-corrected chi connectivity index (χ4v) is 4.07. The lowest BCUT2D eigenvalue weighted by Gasteiger charge is -2.26. The summed E-state index contributed by atoms with van der Waals surface area (Å²) in [4.78, 5) is 12.5. The number of nitrogens with one attached hydrogen (secondary N) is 2. The van der Waals surface area contributed by atoms with E-state index in [4.69, 9.17) is 5.41 Å². The van der Waals surface area contributed by atoms with Gasteiger partial charge in [-0.3, -0.25) is 4.79 Å². The van der Waals surface area contributed by atoms with Crippen molar-refractivity contribution in [3.05, 3.63) is 131 Å². The van der Waals surface area contributed by atoms with Crippen LogP contribution in [0.15, 0.2) is 103 Å². The van der Waals surface area contributed by atoms with E-state index in [1.54, 1.807) is 12.1 Å². The van der Waals surface area contributed by atoms with Gasteiger partial charge in [0.25, 0.3) is 0 Å². The molecule has 0 saturated heterocycles. The van der Waals surface area contributed by atoms with Gasteiger partial charge in [0, 0.05) is 29.1 Å². The third kappa shape index (κ3) is 4.99. The Hall–Kier alpha value is -4.25. The number of rotatable bonds is 8. The second kappa shape index (κ2) is 9.92. The Bertz CT molecular complexity index is 1240. The maximum absolute atomic E-state index is 13.2. The van der Waals surface area contributed by atoms with Gasteiger partial charge in [-0.2, -0.15) is 0 Å². The second-order valence-corrected chi connectivity index (χ2v) is 7.74. The maximum atomic E-state index is 13.2. The van der Waals surface area contributed by atoms with Crippen LogP contribution in [0.2, 0.25) is 0 Å². The van der Waals surface area contributed by atoms with Crippen LogP contribution in [-0.4, -0.2) is 17.3 Å². The first-order valence-corrected chi connectivity index (χ1v) is 10.6. The van der Waals surface area contributed by atoms with Gasteiger partial charge in [-0.25, -0.2) is 4.39 Å². The van der Waals surface area contributed by atoms with Gasteiger partial charge in [0.2, 0.25) is 0 Å². The number of carboxylic acid groups (broad SMARTS) is 1. The first-order valence-electron chi connectivity index (χ1n) is 10.6. The van der Waals surface area contributed by atoms with E-state index in [1.165, 1.54) is 18.3 Å². The van der Waals surface area contributed by atoms with Crippen LogP contribution in [0, 0.1) is 11.2 Å². The predicted octanol–water partition coefficient (Wildman–Crippen LogP) is 6.57. The molecule has 2 unspecified atom stereocenters. The van der Waals surface area contributed by atoms with E-state index in [-0.39, 0.29) is 5.82 Å². The second-order valence-electron chi connectivity index (χ2n) is 7.74. The number of aliphatic carboxylic acids is 1. The van der Waals surface area contributed by atoms with Crippen molar-refractivity contribution in [1.29, 1.82) is 5.41 Å². The third-order valence-electron chi connectivity index (χ3n) is 5.63. The Morgan fingerprint density at radius 1 is 0.818 bits per heavy atom. The fourth-order valence-electron chi connectivity index (χ4n) is 4.07. The van der Waals surface area contributed by atoms with Gasteiger partial charge in [-0.05, 0) is 53.1 Å². The largest absolute Gasteiger partial charge is 0.481 e. The van der Waals surface area contributed by atoms with Crippen LogP contribution in [0.4, 0.5) is 15.8 Å². The van der Waals surface area contributed by atoms with Gasteiger partial charge in [-0.15, -0.1) is 0 Å². The number of anilines is 2. The average Bonchev–Trinajstić information content (AvgIpc) is 2.85. The van der Waals surface area contributed by atoms with Crippen LogP contribution >= 0.6 is 0 Å². The van der Waals surface area contributed by atoms with Crippen LogP contribution < -0.4 is 5.32 Å². The molecule has 0 radical (unpaired) electrons. The van der Waals surface area contributed by atoms with E-state index in [0.29, 0.717) is 22.5 Å². The Morgan fingerprint density at radius 2 is 1.42 bits per heavy atom. The molecule has 0 aliphatic rings. The van der Waals surface area contributed by atoms with Crippen molar-refractivity contribution in [3.8, 4) is 0 Å². The normalized spacial score (nSPS) is 12.5. The Labute approximate surface area is 191 Å². The molecule has 164 valence electrons. The molecule has 0 fully saturated rings. The standard InChI is InChI=1S/C28H23FN2O2/c29-23-12-14-24(15-13-23)31-25-16-11-21(17-22(25)18-30)26(19-7-3-1-4-8-19)27(28(32)33)20-9-5-2-6-10-20/h1-18,26-27,30-31H,(H,32,33). The van der Waals surface area contributed by atoms with E-state index < -0.39 is 17.8 Å². The van der Waals surface area contributed by atoms with Crippen molar-refractivity contribution < 1.29 is 14.3 Å². The highest BCUT2D eigenvalue weighted by molar-refractivity contribution is 5.88. The molecular formula is C28H23FN2O2. The number of hydrogen-bond donors (Lipinski definition) is 3. The van der Waals surface area contributed by atoms with E-state index >= 15 is 0 Å². The molecule has 0 amide bonds. The summed E-state index contributed by atoms with van der Waals surface area (Å²) in [6, 6.07) is 30.3. The molecule has 3 N–H and O–H groups in total. The molecule has 4 rings (SSSR count). The monoisotopic (exact) mass is 438 g/mol. The van der Waals surface area contributed by atoms with Crippen molar-refractivity contribution >= 4 is 23.6 Å². The zero-order chi connectivity index (χ0) is 23.2. The van der Waals surface area contributed by atoms with Gasteiger partial charge in [0.15, 0.2) is 0 Å². The summed E-state index contributed by atoms with van der Waals surface area (Å²) in [5.74, 6) is -2.50. The minimum absolute atomic E-state index is 0.325. The topological polar surface area (TPSA) is 73.2 Å². The molecule has 0 heterocycles. The smallest absolute Gasteiger partial charge is 0.311 e. The van der Waals surface area contributed by atoms with Crippen molar-refractivity contribution in [3.63, 3.8) is 0 Å². The highest BCUT2D eigenvalue weighted by Gasteiger charge is 2.32. The van der Waals surface area contributed by atoms with Gasteiger partial charge >= 0.3 is 5.97 Å². The molecule has 4 aromatic rings. The maximum Gasteiger partial charge on any atom is 0.311 e. The first kappa shape index (κ1) is 22.0. The lowest BCUT2D eigenvalue weighted by Crippen LogP contribution is -2.21. The highest BCUT2D eigenvalue weighted by Crippen LogP contribution is 2.40.